The lowest BCUT2D eigenvalue weighted by molar-refractivity contribution is 0.100. The number of nitrogens with zero attached hydrogens (tertiary/aromatic N) is 3. The van der Waals surface area contributed by atoms with Gasteiger partial charge in [0.15, 0.2) is 0 Å². The van der Waals surface area contributed by atoms with Crippen molar-refractivity contribution < 1.29 is 4.79 Å². The molecule has 1 fully saturated rings. The van der Waals surface area contributed by atoms with E-state index in [9.17, 15) is 4.79 Å². The first-order valence-electron chi connectivity index (χ1n) is 10.9. The zero-order valence-electron chi connectivity index (χ0n) is 19.6. The number of primary amides is 1. The molecule has 168 valence electrons. The third-order valence-corrected chi connectivity index (χ3v) is 5.71. The monoisotopic (exact) mass is 424 g/mol. The topological polar surface area (TPSA) is 110 Å². The first kappa shape index (κ1) is 23.0. The van der Waals surface area contributed by atoms with Crippen LogP contribution < -0.4 is 21.7 Å². The summed E-state index contributed by atoms with van der Waals surface area (Å²) in [6, 6.07) is 6.57. The molecule has 0 aliphatic carbocycles. The van der Waals surface area contributed by atoms with Gasteiger partial charge in [0.25, 0.3) is 5.91 Å². The fourth-order valence-corrected chi connectivity index (χ4v) is 3.69. The van der Waals surface area contributed by atoms with Crippen molar-refractivity contribution in [1.82, 2.24) is 9.97 Å². The molecule has 0 bridgehead atoms. The number of anilines is 3. The van der Waals surface area contributed by atoms with E-state index in [1.165, 1.54) is 17.3 Å². The van der Waals surface area contributed by atoms with Crippen LogP contribution in [0.1, 0.15) is 75.9 Å². The Morgan fingerprint density at radius 1 is 1.10 bits per heavy atom. The van der Waals surface area contributed by atoms with Gasteiger partial charge in [-0.1, -0.05) is 47.6 Å². The zero-order valence-corrected chi connectivity index (χ0v) is 19.6. The Balaban J connectivity index is 2.04. The highest BCUT2D eigenvalue weighted by molar-refractivity contribution is 5.98. The number of nitrogens with two attached hydrogens (primary N) is 2. The molecule has 2 heterocycles. The molecule has 1 atom stereocenters. The number of rotatable bonds is 4. The van der Waals surface area contributed by atoms with Crippen LogP contribution in [0.15, 0.2) is 24.4 Å². The van der Waals surface area contributed by atoms with Gasteiger partial charge in [0, 0.05) is 31.0 Å². The molecule has 1 aromatic heterocycles. The molecule has 1 amide bonds. The summed E-state index contributed by atoms with van der Waals surface area (Å²) >= 11 is 0. The fraction of sp³-hybridized carbons (Fsp3) is 0.542. The van der Waals surface area contributed by atoms with Crippen LogP contribution in [0.5, 0.6) is 0 Å². The van der Waals surface area contributed by atoms with Gasteiger partial charge < -0.3 is 21.7 Å². The molecular weight excluding hydrogens is 388 g/mol. The van der Waals surface area contributed by atoms with Crippen LogP contribution in [-0.4, -0.2) is 35.0 Å². The number of carbonyl (C=O) groups is 1. The summed E-state index contributed by atoms with van der Waals surface area (Å²) in [6.45, 7) is 14.7. The van der Waals surface area contributed by atoms with E-state index in [4.69, 9.17) is 11.5 Å². The van der Waals surface area contributed by atoms with Crippen LogP contribution in [0.2, 0.25) is 0 Å². The van der Waals surface area contributed by atoms with Gasteiger partial charge in [0.1, 0.15) is 11.4 Å². The second kappa shape index (κ2) is 8.46. The van der Waals surface area contributed by atoms with Gasteiger partial charge >= 0.3 is 0 Å². The molecule has 2 aromatic rings. The Kier molecular flexibility index (Phi) is 6.28. The quantitative estimate of drug-likeness (QED) is 0.688. The highest BCUT2D eigenvalue weighted by atomic mass is 16.1. The van der Waals surface area contributed by atoms with E-state index in [1.807, 2.05) is 0 Å². The van der Waals surface area contributed by atoms with Gasteiger partial charge in [-0.05, 0) is 46.9 Å². The molecule has 3 rings (SSSR count). The van der Waals surface area contributed by atoms with Crippen LogP contribution in [-0.2, 0) is 10.8 Å². The van der Waals surface area contributed by atoms with Crippen LogP contribution in [0.3, 0.4) is 0 Å². The molecule has 1 aliphatic heterocycles. The standard InChI is InChI=1S/C24H36N6O/c1-23(2,3)15-10-16(24(4,5)6)12-18(11-15)28-21-19(20(26)31)13-27-22(29-21)30-9-7-8-17(25)14-30/h10-13,17H,7-9,14,25H2,1-6H3,(H2,26,31)(H,27,28,29)/t17-/m0/s1. The Labute approximate surface area is 185 Å². The molecule has 1 saturated heterocycles. The van der Waals surface area contributed by atoms with E-state index in [0.717, 1.165) is 25.1 Å². The minimum absolute atomic E-state index is 0.0228. The summed E-state index contributed by atoms with van der Waals surface area (Å²) in [6.07, 6.45) is 3.50. The summed E-state index contributed by atoms with van der Waals surface area (Å²) in [5.41, 5.74) is 15.3. The van der Waals surface area contributed by atoms with Crippen molar-refractivity contribution in [2.24, 2.45) is 11.5 Å². The molecule has 1 aliphatic rings. The average molecular weight is 425 g/mol. The van der Waals surface area contributed by atoms with Crippen LogP contribution in [0.4, 0.5) is 17.5 Å². The second-order valence-corrected chi connectivity index (χ2v) is 10.6. The van der Waals surface area contributed by atoms with E-state index in [0.29, 0.717) is 18.3 Å². The van der Waals surface area contributed by atoms with E-state index < -0.39 is 5.91 Å². The van der Waals surface area contributed by atoms with Gasteiger partial charge in [-0.3, -0.25) is 4.79 Å². The van der Waals surface area contributed by atoms with Crippen molar-refractivity contribution in [1.29, 1.82) is 0 Å². The van der Waals surface area contributed by atoms with Crippen molar-refractivity contribution in [3.05, 3.63) is 41.1 Å². The zero-order chi connectivity index (χ0) is 23.0. The van der Waals surface area contributed by atoms with Crippen molar-refractivity contribution in [3.63, 3.8) is 0 Å². The minimum Gasteiger partial charge on any atom is -0.365 e. The molecule has 0 saturated carbocycles. The van der Waals surface area contributed by atoms with Gasteiger partial charge in [-0.15, -0.1) is 0 Å². The third kappa shape index (κ3) is 5.53. The number of aromatic nitrogens is 2. The third-order valence-electron chi connectivity index (χ3n) is 5.71. The molecule has 7 nitrogen and oxygen atoms in total. The number of benzene rings is 1. The molecule has 0 unspecified atom stereocenters. The Morgan fingerprint density at radius 3 is 2.23 bits per heavy atom. The van der Waals surface area contributed by atoms with Gasteiger partial charge in [-0.2, -0.15) is 4.98 Å². The Bertz CT molecular complexity index is 925. The van der Waals surface area contributed by atoms with Crippen molar-refractivity contribution in [2.45, 2.75) is 71.3 Å². The molecule has 31 heavy (non-hydrogen) atoms. The van der Waals surface area contributed by atoms with Gasteiger partial charge in [0.05, 0.1) is 0 Å². The maximum atomic E-state index is 12.1. The smallest absolute Gasteiger partial charge is 0.254 e. The molecule has 1 aromatic carbocycles. The summed E-state index contributed by atoms with van der Waals surface area (Å²) in [7, 11) is 0. The number of piperidine rings is 1. The fourth-order valence-electron chi connectivity index (χ4n) is 3.69. The highest BCUT2D eigenvalue weighted by Crippen LogP contribution is 2.33. The molecule has 0 radical (unpaired) electrons. The predicted octanol–water partition coefficient (Wildman–Crippen LogP) is 3.84. The van der Waals surface area contributed by atoms with Gasteiger partial charge in [0.2, 0.25) is 5.95 Å². The largest absolute Gasteiger partial charge is 0.365 e. The minimum atomic E-state index is -0.563. The molecule has 5 N–H and O–H groups in total. The molecule has 7 heteroatoms. The maximum absolute atomic E-state index is 12.1. The van der Waals surface area contributed by atoms with E-state index in [1.54, 1.807) is 0 Å². The average Bonchev–Trinajstić information content (AvgIpc) is 2.66. The molecular formula is C24H36N6O. The Morgan fingerprint density at radius 2 is 1.71 bits per heavy atom. The lowest BCUT2D eigenvalue weighted by Crippen LogP contribution is -2.43. The number of hydrogen-bond donors (Lipinski definition) is 3. The normalized spacial score (nSPS) is 17.5. The van der Waals surface area contributed by atoms with Crippen LogP contribution in [0.25, 0.3) is 0 Å². The van der Waals surface area contributed by atoms with Crippen molar-refractivity contribution in [3.8, 4) is 0 Å². The van der Waals surface area contributed by atoms with E-state index in [2.05, 4.69) is 79.9 Å². The summed E-state index contributed by atoms with van der Waals surface area (Å²) in [5, 5.41) is 3.36. The number of amides is 1. The second-order valence-electron chi connectivity index (χ2n) is 10.6. The first-order valence-corrected chi connectivity index (χ1v) is 10.9. The lowest BCUT2D eigenvalue weighted by atomic mass is 9.80. The lowest BCUT2D eigenvalue weighted by Gasteiger charge is -2.31. The van der Waals surface area contributed by atoms with E-state index >= 15 is 0 Å². The number of nitrogens with one attached hydrogen (secondary N) is 1. The number of hydrogen-bond acceptors (Lipinski definition) is 6. The first-order chi connectivity index (χ1) is 14.3. The van der Waals surface area contributed by atoms with Gasteiger partial charge in [-0.25, -0.2) is 4.98 Å². The predicted molar refractivity (Wildman–Crippen MR) is 127 cm³/mol. The van der Waals surface area contributed by atoms with Crippen molar-refractivity contribution in [2.75, 3.05) is 23.3 Å². The SMILES string of the molecule is CC(C)(C)c1cc(Nc2nc(N3CCC[C@H](N)C3)ncc2C(N)=O)cc(C(C)(C)C)c1. The van der Waals surface area contributed by atoms with Crippen molar-refractivity contribution >= 4 is 23.4 Å². The number of carbonyl (C=O) groups excluding carboxylic acids is 1. The Hall–Kier alpha value is -2.67. The highest BCUT2D eigenvalue weighted by Gasteiger charge is 2.23. The van der Waals surface area contributed by atoms with E-state index in [-0.39, 0.29) is 22.4 Å². The maximum Gasteiger partial charge on any atom is 0.254 e. The van der Waals surface area contributed by atoms with Crippen LogP contribution >= 0.6 is 0 Å². The van der Waals surface area contributed by atoms with Crippen LogP contribution in [0, 0.1) is 0 Å². The summed E-state index contributed by atoms with van der Waals surface area (Å²) < 4.78 is 0. The molecule has 0 spiro atoms. The summed E-state index contributed by atoms with van der Waals surface area (Å²) in [5.74, 6) is 0.417. The summed E-state index contributed by atoms with van der Waals surface area (Å²) in [4.78, 5) is 23.2.